The molecule has 2 rings (SSSR count). The minimum atomic E-state index is 0.0254. The molecule has 0 bridgehead atoms. The maximum absolute atomic E-state index is 11.3. The Morgan fingerprint density at radius 2 is 2.21 bits per heavy atom. The van der Waals surface area contributed by atoms with Gasteiger partial charge in [0.15, 0.2) is 0 Å². The van der Waals surface area contributed by atoms with Gasteiger partial charge in [-0.05, 0) is 26.0 Å². The second-order valence-corrected chi connectivity index (χ2v) is 4.82. The van der Waals surface area contributed by atoms with Crippen LogP contribution in [-0.4, -0.2) is 36.6 Å². The van der Waals surface area contributed by atoms with E-state index in [1.807, 2.05) is 19.9 Å². The maximum atomic E-state index is 11.3. The number of carbonyl (C=O) groups excluding carboxylic acids is 1. The lowest BCUT2D eigenvalue weighted by Gasteiger charge is -2.22. The average Bonchev–Trinajstić information content (AvgIpc) is 2.56. The van der Waals surface area contributed by atoms with Crippen molar-refractivity contribution in [2.75, 3.05) is 30.3 Å². The molecule has 6 heteroatoms. The fourth-order valence-corrected chi connectivity index (χ4v) is 1.93. The first-order chi connectivity index (χ1) is 9.06. The third-order valence-corrected chi connectivity index (χ3v) is 2.86. The number of hydrogen-bond acceptors (Lipinski definition) is 5. The van der Waals surface area contributed by atoms with Crippen molar-refractivity contribution in [3.8, 4) is 5.88 Å². The zero-order valence-corrected chi connectivity index (χ0v) is 11.3. The van der Waals surface area contributed by atoms with Gasteiger partial charge in [-0.1, -0.05) is 0 Å². The van der Waals surface area contributed by atoms with E-state index in [-0.39, 0.29) is 12.0 Å². The molecule has 0 unspecified atom stereocenters. The number of anilines is 2. The summed E-state index contributed by atoms with van der Waals surface area (Å²) in [5.41, 5.74) is 6.38. The second kappa shape index (κ2) is 5.77. The molecule has 0 atom stereocenters. The van der Waals surface area contributed by atoms with Crippen LogP contribution >= 0.6 is 0 Å². The van der Waals surface area contributed by atoms with E-state index in [0.29, 0.717) is 31.1 Å². The fraction of sp³-hybridized carbons (Fsp3) is 0.538. The highest BCUT2D eigenvalue weighted by atomic mass is 16.5. The van der Waals surface area contributed by atoms with Crippen LogP contribution in [0.15, 0.2) is 12.1 Å². The smallest absolute Gasteiger partial charge is 0.239 e. The molecule has 104 valence electrons. The molecule has 0 aromatic carbocycles. The number of nitrogens with two attached hydrogens (primary N) is 1. The molecular formula is C13H20N4O2. The van der Waals surface area contributed by atoms with Crippen LogP contribution in [0.5, 0.6) is 5.88 Å². The highest BCUT2D eigenvalue weighted by Gasteiger charge is 2.16. The summed E-state index contributed by atoms with van der Waals surface area (Å²) in [6, 6.07) is 3.65. The zero-order valence-electron chi connectivity index (χ0n) is 11.3. The van der Waals surface area contributed by atoms with Crippen molar-refractivity contribution in [3.63, 3.8) is 0 Å². The van der Waals surface area contributed by atoms with Gasteiger partial charge in [0.1, 0.15) is 5.82 Å². The molecule has 1 aliphatic rings. The summed E-state index contributed by atoms with van der Waals surface area (Å²) in [4.78, 5) is 17.8. The van der Waals surface area contributed by atoms with E-state index in [9.17, 15) is 4.79 Å². The van der Waals surface area contributed by atoms with Gasteiger partial charge in [0, 0.05) is 26.1 Å². The summed E-state index contributed by atoms with van der Waals surface area (Å²) < 4.78 is 5.58. The number of hydrogen-bond donors (Lipinski definition) is 2. The number of amides is 1. The molecule has 1 aromatic heterocycles. The van der Waals surface area contributed by atoms with Gasteiger partial charge in [0.05, 0.1) is 11.8 Å². The van der Waals surface area contributed by atoms with Crippen LogP contribution in [0.1, 0.15) is 20.3 Å². The monoisotopic (exact) mass is 264 g/mol. The molecular weight excluding hydrogens is 244 g/mol. The van der Waals surface area contributed by atoms with Crippen LogP contribution in [0.4, 0.5) is 11.5 Å². The van der Waals surface area contributed by atoms with Gasteiger partial charge in [0.2, 0.25) is 11.8 Å². The molecule has 0 spiro atoms. The number of nitrogens with zero attached hydrogens (tertiary/aromatic N) is 2. The molecule has 3 N–H and O–H groups in total. The Kier molecular flexibility index (Phi) is 4.09. The van der Waals surface area contributed by atoms with Crippen molar-refractivity contribution >= 4 is 17.4 Å². The van der Waals surface area contributed by atoms with E-state index in [2.05, 4.69) is 15.2 Å². The number of carbonyl (C=O) groups is 1. The van der Waals surface area contributed by atoms with Gasteiger partial charge in [0.25, 0.3) is 0 Å². The molecule has 0 radical (unpaired) electrons. The van der Waals surface area contributed by atoms with E-state index >= 15 is 0 Å². The average molecular weight is 264 g/mol. The third kappa shape index (κ3) is 3.49. The Morgan fingerprint density at radius 1 is 1.42 bits per heavy atom. The van der Waals surface area contributed by atoms with E-state index in [1.165, 1.54) is 0 Å². The number of pyridine rings is 1. The van der Waals surface area contributed by atoms with Crippen molar-refractivity contribution in [1.29, 1.82) is 0 Å². The van der Waals surface area contributed by atoms with E-state index in [0.717, 1.165) is 12.4 Å². The number of aromatic nitrogens is 1. The molecule has 19 heavy (non-hydrogen) atoms. The summed E-state index contributed by atoms with van der Waals surface area (Å²) in [7, 11) is 0. The van der Waals surface area contributed by atoms with Crippen molar-refractivity contribution in [2.45, 2.75) is 26.4 Å². The molecule has 1 aliphatic heterocycles. The third-order valence-electron chi connectivity index (χ3n) is 2.86. The lowest BCUT2D eigenvalue weighted by atomic mass is 10.3. The molecule has 1 aromatic rings. The molecule has 0 saturated carbocycles. The van der Waals surface area contributed by atoms with Gasteiger partial charge in [-0.25, -0.2) is 0 Å². The summed E-state index contributed by atoms with van der Waals surface area (Å²) >= 11 is 0. The van der Waals surface area contributed by atoms with Crippen molar-refractivity contribution < 1.29 is 9.53 Å². The predicted octanol–water partition coefficient (Wildman–Crippen LogP) is 0.777. The molecule has 6 nitrogen and oxygen atoms in total. The highest BCUT2D eigenvalue weighted by Crippen LogP contribution is 2.24. The second-order valence-electron chi connectivity index (χ2n) is 4.82. The standard InChI is InChI=1S/C13H20N4O2/c1-9(2)19-13-10(14)3-4-11(16-13)17-7-5-12(18)15-6-8-17/h3-4,9H,5-8,14H2,1-2H3,(H,15,18). The lowest BCUT2D eigenvalue weighted by Crippen LogP contribution is -2.29. The van der Waals surface area contributed by atoms with Crippen LogP contribution in [-0.2, 0) is 4.79 Å². The topological polar surface area (TPSA) is 80.5 Å². The SMILES string of the molecule is CC(C)Oc1nc(N2CCNC(=O)CC2)ccc1N. The summed E-state index contributed by atoms with van der Waals surface area (Å²) in [5, 5.41) is 2.84. The fourth-order valence-electron chi connectivity index (χ4n) is 1.93. The minimum Gasteiger partial charge on any atom is -0.473 e. The number of nitrogen functional groups attached to an aromatic ring is 1. The van der Waals surface area contributed by atoms with E-state index in [1.54, 1.807) is 6.07 Å². The van der Waals surface area contributed by atoms with Gasteiger partial charge >= 0.3 is 0 Å². The molecule has 1 saturated heterocycles. The summed E-state index contributed by atoms with van der Waals surface area (Å²) in [6.45, 7) is 5.89. The molecule has 1 amide bonds. The minimum absolute atomic E-state index is 0.0254. The Morgan fingerprint density at radius 3 is 2.95 bits per heavy atom. The Labute approximate surface area is 112 Å². The van der Waals surface area contributed by atoms with E-state index in [4.69, 9.17) is 10.5 Å². The van der Waals surface area contributed by atoms with Crippen LogP contribution in [0.2, 0.25) is 0 Å². The van der Waals surface area contributed by atoms with Gasteiger partial charge in [-0.3, -0.25) is 4.79 Å². The summed E-state index contributed by atoms with van der Waals surface area (Å²) in [6.07, 6.45) is 0.504. The highest BCUT2D eigenvalue weighted by molar-refractivity contribution is 5.77. The van der Waals surface area contributed by atoms with Gasteiger partial charge in [-0.15, -0.1) is 0 Å². The number of rotatable bonds is 3. The molecule has 0 aliphatic carbocycles. The Balaban J connectivity index is 2.17. The zero-order chi connectivity index (χ0) is 13.8. The first-order valence-electron chi connectivity index (χ1n) is 6.51. The maximum Gasteiger partial charge on any atom is 0.239 e. The lowest BCUT2D eigenvalue weighted by molar-refractivity contribution is -0.120. The Hall–Kier alpha value is -1.98. The first kappa shape index (κ1) is 13.5. The normalized spacial score (nSPS) is 16.2. The van der Waals surface area contributed by atoms with Crippen molar-refractivity contribution in [2.24, 2.45) is 0 Å². The largest absolute Gasteiger partial charge is 0.473 e. The quantitative estimate of drug-likeness (QED) is 0.843. The van der Waals surface area contributed by atoms with Crippen molar-refractivity contribution in [1.82, 2.24) is 10.3 Å². The number of ether oxygens (including phenoxy) is 1. The van der Waals surface area contributed by atoms with Crippen LogP contribution < -0.4 is 20.7 Å². The van der Waals surface area contributed by atoms with Crippen LogP contribution in [0.25, 0.3) is 0 Å². The van der Waals surface area contributed by atoms with Gasteiger partial charge < -0.3 is 20.7 Å². The first-order valence-corrected chi connectivity index (χ1v) is 6.51. The van der Waals surface area contributed by atoms with Gasteiger partial charge in [-0.2, -0.15) is 4.98 Å². The number of nitrogens with one attached hydrogen (secondary N) is 1. The Bertz CT molecular complexity index is 462. The van der Waals surface area contributed by atoms with Crippen LogP contribution in [0.3, 0.4) is 0 Å². The molecule has 2 heterocycles. The summed E-state index contributed by atoms with van der Waals surface area (Å²) in [5.74, 6) is 1.33. The van der Waals surface area contributed by atoms with E-state index < -0.39 is 0 Å². The predicted molar refractivity (Wildman–Crippen MR) is 74.3 cm³/mol. The van der Waals surface area contributed by atoms with Crippen LogP contribution in [0, 0.1) is 0 Å². The van der Waals surface area contributed by atoms with Crippen molar-refractivity contribution in [3.05, 3.63) is 12.1 Å². The molecule has 1 fully saturated rings.